The molecule has 0 saturated heterocycles. The van der Waals surface area contributed by atoms with Gasteiger partial charge in [-0.1, -0.05) is 36.4 Å². The Kier molecular flexibility index (Phi) is 11.7. The molecule has 44 heavy (non-hydrogen) atoms. The average Bonchev–Trinajstić information content (AvgIpc) is 3.54. The maximum absolute atomic E-state index is 14.0. The van der Waals surface area contributed by atoms with E-state index in [4.69, 9.17) is 13.9 Å². The molecule has 0 unspecified atom stereocenters. The molecular formula is C34H43N3O6S. The van der Waals surface area contributed by atoms with Crippen molar-refractivity contribution < 1.29 is 28.3 Å². The first-order valence-corrected chi connectivity index (χ1v) is 15.3. The lowest BCUT2D eigenvalue weighted by Crippen LogP contribution is -2.50. The fourth-order valence-electron chi connectivity index (χ4n) is 4.37. The van der Waals surface area contributed by atoms with Crippen LogP contribution in [0.1, 0.15) is 70.3 Å². The van der Waals surface area contributed by atoms with Crippen molar-refractivity contribution in [2.45, 2.75) is 92.1 Å². The van der Waals surface area contributed by atoms with Crippen molar-refractivity contribution in [2.24, 2.45) is 0 Å². The molecule has 0 spiro atoms. The van der Waals surface area contributed by atoms with Gasteiger partial charge in [0, 0.05) is 30.7 Å². The largest absolute Gasteiger partial charge is 0.464 e. The van der Waals surface area contributed by atoms with Crippen LogP contribution in [0.5, 0.6) is 0 Å². The predicted octanol–water partition coefficient (Wildman–Crippen LogP) is 7.21. The zero-order valence-corrected chi connectivity index (χ0v) is 27.6. The summed E-state index contributed by atoms with van der Waals surface area (Å²) in [6.07, 6.45) is 1.36. The molecule has 4 rings (SSSR count). The first kappa shape index (κ1) is 34.3. The fourth-order valence-corrected chi connectivity index (χ4v) is 4.98. The molecule has 0 bridgehead atoms. The highest BCUT2D eigenvalue weighted by atomic mass is 32.1. The third-order valence-corrected chi connectivity index (χ3v) is 6.77. The van der Waals surface area contributed by atoms with Gasteiger partial charge >= 0.3 is 12.1 Å². The molecule has 236 valence electrons. The van der Waals surface area contributed by atoms with Crippen molar-refractivity contribution in [3.8, 4) is 0 Å². The molecule has 2 heterocycles. The SMILES string of the molecule is CC(=O)OC(C)(C)C.Cc1nc(CN(Cc2ccc3occc3c2)C(=O)[C@H](Cc2ccccc2)NC(=O)OC(C)(C)C)cs1. The summed E-state index contributed by atoms with van der Waals surface area (Å²) in [5.41, 5.74) is 2.50. The van der Waals surface area contributed by atoms with E-state index in [-0.39, 0.29) is 17.5 Å². The van der Waals surface area contributed by atoms with E-state index in [9.17, 15) is 14.4 Å². The van der Waals surface area contributed by atoms with Gasteiger partial charge in [-0.3, -0.25) is 9.59 Å². The summed E-state index contributed by atoms with van der Waals surface area (Å²) in [5.74, 6) is -0.430. The van der Waals surface area contributed by atoms with E-state index in [2.05, 4.69) is 10.3 Å². The molecule has 2 aromatic carbocycles. The highest BCUT2D eigenvalue weighted by molar-refractivity contribution is 7.09. The van der Waals surface area contributed by atoms with Crippen molar-refractivity contribution in [2.75, 3.05) is 0 Å². The molecular weight excluding hydrogens is 578 g/mol. The van der Waals surface area contributed by atoms with Crippen LogP contribution in [0.2, 0.25) is 0 Å². The number of fused-ring (bicyclic) bond motifs is 1. The highest BCUT2D eigenvalue weighted by Crippen LogP contribution is 2.21. The lowest BCUT2D eigenvalue weighted by Gasteiger charge is -2.29. The van der Waals surface area contributed by atoms with E-state index in [1.807, 2.05) is 87.7 Å². The van der Waals surface area contributed by atoms with E-state index in [1.165, 1.54) is 6.92 Å². The van der Waals surface area contributed by atoms with Crippen LogP contribution in [-0.4, -0.2) is 45.1 Å². The number of ether oxygens (including phenoxy) is 2. The van der Waals surface area contributed by atoms with Crippen molar-refractivity contribution >= 4 is 40.3 Å². The lowest BCUT2D eigenvalue weighted by molar-refractivity contribution is -0.151. The van der Waals surface area contributed by atoms with Gasteiger partial charge in [0.2, 0.25) is 5.91 Å². The standard InChI is InChI=1S/C28H31N3O4S.C6H12O2/c1-19-29-23(18-36-19)17-31(16-21-10-11-25-22(14-21)12-13-34-25)26(32)24(15-20-8-6-5-7-9-20)30-27(33)35-28(2,3)4;1-5(7)8-6(2,3)4/h5-14,18,24H,15-17H2,1-4H3,(H,30,33);1-4H3/t24-;/m0./s1. The molecule has 0 saturated carbocycles. The number of furan rings is 1. The summed E-state index contributed by atoms with van der Waals surface area (Å²) in [4.78, 5) is 43.2. The van der Waals surface area contributed by atoms with Gasteiger partial charge < -0.3 is 24.1 Å². The van der Waals surface area contributed by atoms with Gasteiger partial charge in [0.1, 0.15) is 22.8 Å². The molecule has 0 aliphatic carbocycles. The molecule has 2 aromatic heterocycles. The van der Waals surface area contributed by atoms with Crippen LogP contribution in [0, 0.1) is 6.92 Å². The Morgan fingerprint density at radius 2 is 1.61 bits per heavy atom. The van der Waals surface area contributed by atoms with E-state index in [0.717, 1.165) is 32.8 Å². The van der Waals surface area contributed by atoms with Crippen LogP contribution in [0.15, 0.2) is 70.7 Å². The number of amides is 2. The minimum absolute atomic E-state index is 0.206. The van der Waals surface area contributed by atoms with Crippen LogP contribution < -0.4 is 5.32 Å². The van der Waals surface area contributed by atoms with E-state index >= 15 is 0 Å². The number of hydrogen-bond acceptors (Lipinski definition) is 8. The van der Waals surface area contributed by atoms with Crippen molar-refractivity contribution in [1.29, 1.82) is 0 Å². The maximum atomic E-state index is 14.0. The summed E-state index contributed by atoms with van der Waals surface area (Å²) in [7, 11) is 0. The second-order valence-electron chi connectivity index (χ2n) is 12.4. The summed E-state index contributed by atoms with van der Waals surface area (Å²) >= 11 is 1.54. The van der Waals surface area contributed by atoms with Crippen LogP contribution in [-0.2, 0) is 38.6 Å². The maximum Gasteiger partial charge on any atom is 0.408 e. The first-order chi connectivity index (χ1) is 20.6. The average molecular weight is 622 g/mol. The zero-order chi connectivity index (χ0) is 32.5. The van der Waals surface area contributed by atoms with Crippen LogP contribution in [0.3, 0.4) is 0 Å². The number of hydrogen-bond donors (Lipinski definition) is 1. The minimum Gasteiger partial charge on any atom is -0.464 e. The monoisotopic (exact) mass is 621 g/mol. The van der Waals surface area contributed by atoms with E-state index in [0.29, 0.717) is 19.5 Å². The quantitative estimate of drug-likeness (QED) is 0.207. The molecule has 1 atom stereocenters. The summed E-state index contributed by atoms with van der Waals surface area (Å²) in [6, 6.07) is 16.6. The lowest BCUT2D eigenvalue weighted by atomic mass is 10.0. The van der Waals surface area contributed by atoms with Crippen LogP contribution in [0.25, 0.3) is 11.0 Å². The van der Waals surface area contributed by atoms with Crippen molar-refractivity contribution in [3.05, 3.63) is 88.1 Å². The molecule has 4 aromatic rings. The molecule has 0 radical (unpaired) electrons. The van der Waals surface area contributed by atoms with Crippen molar-refractivity contribution in [3.63, 3.8) is 0 Å². The summed E-state index contributed by atoms with van der Waals surface area (Å²) in [6.45, 7) is 14.9. The number of esters is 1. The predicted molar refractivity (Wildman–Crippen MR) is 172 cm³/mol. The summed E-state index contributed by atoms with van der Waals surface area (Å²) < 4.78 is 15.7. The Morgan fingerprint density at radius 3 is 2.18 bits per heavy atom. The Morgan fingerprint density at radius 1 is 0.932 bits per heavy atom. The normalized spacial score (nSPS) is 12.1. The Labute approximate surface area is 263 Å². The van der Waals surface area contributed by atoms with Gasteiger partial charge in [-0.25, -0.2) is 9.78 Å². The van der Waals surface area contributed by atoms with Gasteiger partial charge in [0.25, 0.3) is 0 Å². The molecule has 1 N–H and O–H groups in total. The molecule has 0 fully saturated rings. The van der Waals surface area contributed by atoms with E-state index in [1.54, 1.807) is 43.3 Å². The first-order valence-electron chi connectivity index (χ1n) is 14.5. The highest BCUT2D eigenvalue weighted by Gasteiger charge is 2.29. The third-order valence-electron chi connectivity index (χ3n) is 5.94. The van der Waals surface area contributed by atoms with Gasteiger partial charge in [0.05, 0.1) is 23.5 Å². The zero-order valence-electron chi connectivity index (χ0n) is 26.8. The summed E-state index contributed by atoms with van der Waals surface area (Å²) in [5, 5.41) is 6.68. The van der Waals surface area contributed by atoms with Crippen LogP contribution in [0.4, 0.5) is 4.79 Å². The number of aryl methyl sites for hydroxylation is 1. The fraction of sp³-hybridized carbons (Fsp3) is 0.412. The molecule has 9 nitrogen and oxygen atoms in total. The second-order valence-corrected chi connectivity index (χ2v) is 13.5. The Balaban J connectivity index is 0.000000583. The minimum atomic E-state index is -0.806. The second kappa shape index (κ2) is 15.0. The van der Waals surface area contributed by atoms with Gasteiger partial charge in [-0.15, -0.1) is 11.3 Å². The number of nitrogens with one attached hydrogen (secondary N) is 1. The Hall–Kier alpha value is -4.18. The number of nitrogens with zero attached hydrogens (tertiary/aromatic N) is 2. The van der Waals surface area contributed by atoms with Crippen LogP contribution >= 0.6 is 11.3 Å². The molecule has 10 heteroatoms. The van der Waals surface area contributed by atoms with Crippen molar-refractivity contribution in [1.82, 2.24) is 15.2 Å². The Bertz CT molecular complexity index is 1530. The smallest absolute Gasteiger partial charge is 0.408 e. The number of carbonyl (C=O) groups is 3. The molecule has 0 aliphatic rings. The third kappa shape index (κ3) is 11.8. The van der Waals surface area contributed by atoms with E-state index < -0.39 is 17.7 Å². The number of alkyl carbamates (subject to hydrolysis) is 1. The molecule has 0 aliphatic heterocycles. The number of aromatic nitrogens is 1. The number of carbonyl (C=O) groups excluding carboxylic acids is 3. The van der Waals surface area contributed by atoms with Gasteiger partial charge in [0.15, 0.2) is 0 Å². The van der Waals surface area contributed by atoms with Gasteiger partial charge in [-0.05, 0) is 77.8 Å². The number of benzene rings is 2. The molecule has 2 amide bonds. The number of rotatable bonds is 8. The number of thiazole rings is 1. The topological polar surface area (TPSA) is 111 Å². The van der Waals surface area contributed by atoms with Gasteiger partial charge in [-0.2, -0.15) is 0 Å².